The second-order valence-corrected chi connectivity index (χ2v) is 5.53. The highest BCUT2D eigenvalue weighted by Crippen LogP contribution is 2.34. The molecule has 0 aliphatic heterocycles. The Balaban J connectivity index is 3.54. The predicted molar refractivity (Wildman–Crippen MR) is 90.1 cm³/mol. The molecule has 0 spiro atoms. The van der Waals surface area contributed by atoms with Gasteiger partial charge < -0.3 is 14.8 Å². The summed E-state index contributed by atoms with van der Waals surface area (Å²) in [7, 11) is 0. The topological polar surface area (TPSA) is 81.7 Å². The zero-order chi connectivity index (χ0) is 18.3. The average Bonchev–Trinajstić information content (AvgIpc) is 2.53. The number of rotatable bonds is 7. The fourth-order valence-corrected chi connectivity index (χ4v) is 2.91. The van der Waals surface area contributed by atoms with Gasteiger partial charge in [0.25, 0.3) is 0 Å². The van der Waals surface area contributed by atoms with Crippen molar-refractivity contribution in [1.29, 1.82) is 0 Å². The zero-order valence-electron chi connectivity index (χ0n) is 15.1. The lowest BCUT2D eigenvalue weighted by Gasteiger charge is -2.32. The fraction of sp³-hybridized carbons (Fsp3) is 0.611. The monoisotopic (exact) mass is 337 g/mol. The molecule has 0 fully saturated rings. The lowest BCUT2D eigenvalue weighted by molar-refractivity contribution is -0.142. The van der Waals surface area contributed by atoms with Gasteiger partial charge in [0.15, 0.2) is 0 Å². The minimum absolute atomic E-state index is 0.0820. The Hall–Kier alpha value is -2.11. The van der Waals surface area contributed by atoms with E-state index in [0.717, 1.165) is 5.57 Å². The van der Waals surface area contributed by atoms with Crippen molar-refractivity contribution >= 4 is 17.8 Å². The summed E-state index contributed by atoms with van der Waals surface area (Å²) in [6, 6.07) is -0.596. The molecule has 0 heterocycles. The van der Waals surface area contributed by atoms with Crippen LogP contribution in [0.25, 0.3) is 0 Å². The van der Waals surface area contributed by atoms with E-state index in [0.29, 0.717) is 12.8 Å². The largest absolute Gasteiger partial charge is 0.463 e. The van der Waals surface area contributed by atoms with E-state index in [1.54, 1.807) is 13.8 Å². The van der Waals surface area contributed by atoms with Crippen LogP contribution in [-0.4, -0.2) is 37.1 Å². The minimum atomic E-state index is -0.596. The third-order valence-corrected chi connectivity index (χ3v) is 3.93. The number of carbonyl (C=O) groups excluding carboxylic acids is 3. The first kappa shape index (κ1) is 19.9. The van der Waals surface area contributed by atoms with Crippen molar-refractivity contribution in [2.24, 2.45) is 5.92 Å². The highest BCUT2D eigenvalue weighted by molar-refractivity contribution is 6.05. The fourth-order valence-electron chi connectivity index (χ4n) is 2.91. The van der Waals surface area contributed by atoms with Gasteiger partial charge >= 0.3 is 11.9 Å². The summed E-state index contributed by atoms with van der Waals surface area (Å²) in [4.78, 5) is 36.7. The lowest BCUT2D eigenvalue weighted by atomic mass is 9.78. The van der Waals surface area contributed by atoms with Gasteiger partial charge in [0, 0.05) is 12.8 Å². The SMILES string of the molecule is CCOC(=O)C1=C(C(=O)OCC)C(NC(C)=O)C(CC)C=C1CC. The molecule has 0 saturated carbocycles. The predicted octanol–water partition coefficient (Wildman–Crippen LogP) is 2.29. The van der Waals surface area contributed by atoms with Gasteiger partial charge in [-0.3, -0.25) is 4.79 Å². The molecule has 0 bridgehead atoms. The van der Waals surface area contributed by atoms with E-state index in [1.165, 1.54) is 6.92 Å². The molecular weight excluding hydrogens is 310 g/mol. The van der Waals surface area contributed by atoms with E-state index in [1.807, 2.05) is 19.9 Å². The number of carbonyl (C=O) groups is 3. The molecule has 1 amide bonds. The summed E-state index contributed by atoms with van der Waals surface area (Å²) < 4.78 is 10.3. The molecule has 6 heteroatoms. The van der Waals surface area contributed by atoms with E-state index in [9.17, 15) is 14.4 Å². The van der Waals surface area contributed by atoms with Crippen molar-refractivity contribution in [3.05, 3.63) is 22.8 Å². The Bertz CT molecular complexity index is 562. The maximum atomic E-state index is 12.6. The van der Waals surface area contributed by atoms with Crippen LogP contribution < -0.4 is 5.32 Å². The van der Waals surface area contributed by atoms with Crippen LogP contribution in [0.4, 0.5) is 0 Å². The molecule has 1 rings (SSSR count). The number of nitrogens with one attached hydrogen (secondary N) is 1. The molecule has 0 aromatic heterocycles. The van der Waals surface area contributed by atoms with Crippen LogP contribution in [0.5, 0.6) is 0 Å². The average molecular weight is 337 g/mol. The normalized spacial score (nSPS) is 20.3. The van der Waals surface area contributed by atoms with Gasteiger partial charge in [-0.2, -0.15) is 0 Å². The Morgan fingerprint density at radius 1 is 1.04 bits per heavy atom. The van der Waals surface area contributed by atoms with Crippen LogP contribution in [0.2, 0.25) is 0 Å². The van der Waals surface area contributed by atoms with Gasteiger partial charge in [-0.15, -0.1) is 0 Å². The first-order chi connectivity index (χ1) is 11.4. The maximum Gasteiger partial charge on any atom is 0.339 e. The standard InChI is InChI=1S/C18H27NO5/c1-6-12-10-13(7-2)16(19-11(5)20)15(18(22)24-9-4)14(12)17(21)23-8-3/h10,13,16H,6-9H2,1-5H3,(H,19,20). The summed E-state index contributed by atoms with van der Waals surface area (Å²) in [5.74, 6) is -1.49. The Morgan fingerprint density at radius 2 is 1.62 bits per heavy atom. The van der Waals surface area contributed by atoms with Crippen LogP contribution in [0.15, 0.2) is 22.8 Å². The van der Waals surface area contributed by atoms with E-state index in [4.69, 9.17) is 9.47 Å². The Morgan fingerprint density at radius 3 is 2.08 bits per heavy atom. The van der Waals surface area contributed by atoms with Crippen molar-refractivity contribution in [1.82, 2.24) is 5.32 Å². The van der Waals surface area contributed by atoms with Gasteiger partial charge in [-0.05, 0) is 32.3 Å². The zero-order valence-corrected chi connectivity index (χ0v) is 15.1. The Labute approximate surface area is 143 Å². The van der Waals surface area contributed by atoms with Crippen LogP contribution in [-0.2, 0) is 23.9 Å². The number of hydrogen-bond acceptors (Lipinski definition) is 5. The molecule has 1 aliphatic rings. The highest BCUT2D eigenvalue weighted by Gasteiger charge is 2.38. The lowest BCUT2D eigenvalue weighted by Crippen LogP contribution is -2.45. The minimum Gasteiger partial charge on any atom is -0.463 e. The molecular formula is C18H27NO5. The Kier molecular flexibility index (Phi) is 7.68. The molecule has 6 nitrogen and oxygen atoms in total. The molecule has 0 saturated heterocycles. The van der Waals surface area contributed by atoms with Crippen LogP contribution >= 0.6 is 0 Å². The summed E-state index contributed by atoms with van der Waals surface area (Å²) in [5.41, 5.74) is 1.17. The second kappa shape index (κ2) is 9.25. The van der Waals surface area contributed by atoms with Crippen molar-refractivity contribution in [2.45, 2.75) is 53.5 Å². The molecule has 134 valence electrons. The van der Waals surface area contributed by atoms with Gasteiger partial charge in [-0.25, -0.2) is 9.59 Å². The van der Waals surface area contributed by atoms with Gasteiger partial charge in [-0.1, -0.05) is 19.9 Å². The molecule has 1 N–H and O–H groups in total. The van der Waals surface area contributed by atoms with E-state index in [2.05, 4.69) is 5.32 Å². The van der Waals surface area contributed by atoms with Crippen LogP contribution in [0.1, 0.15) is 47.5 Å². The van der Waals surface area contributed by atoms with Gasteiger partial charge in [0.1, 0.15) is 0 Å². The summed E-state index contributed by atoms with van der Waals surface area (Å²) in [6.07, 6.45) is 3.25. The first-order valence-electron chi connectivity index (χ1n) is 8.47. The smallest absolute Gasteiger partial charge is 0.339 e. The molecule has 0 aromatic carbocycles. The van der Waals surface area contributed by atoms with E-state index >= 15 is 0 Å². The van der Waals surface area contributed by atoms with E-state index < -0.39 is 18.0 Å². The molecule has 0 aromatic rings. The highest BCUT2D eigenvalue weighted by atomic mass is 16.5. The number of hydrogen-bond donors (Lipinski definition) is 1. The summed E-state index contributed by atoms with van der Waals surface area (Å²) in [6.45, 7) is 9.08. The molecule has 0 radical (unpaired) electrons. The van der Waals surface area contributed by atoms with Crippen molar-refractivity contribution in [3.8, 4) is 0 Å². The van der Waals surface area contributed by atoms with Crippen molar-refractivity contribution in [2.75, 3.05) is 13.2 Å². The molecule has 1 aliphatic carbocycles. The van der Waals surface area contributed by atoms with Gasteiger partial charge in [0.05, 0.1) is 30.4 Å². The molecule has 2 unspecified atom stereocenters. The van der Waals surface area contributed by atoms with E-state index in [-0.39, 0.29) is 36.2 Å². The van der Waals surface area contributed by atoms with Gasteiger partial charge in [0.2, 0.25) is 5.91 Å². The van der Waals surface area contributed by atoms with Crippen molar-refractivity contribution < 1.29 is 23.9 Å². The summed E-state index contributed by atoms with van der Waals surface area (Å²) in [5, 5.41) is 2.79. The molecule has 2 atom stereocenters. The third kappa shape index (κ3) is 4.46. The first-order valence-corrected chi connectivity index (χ1v) is 8.47. The van der Waals surface area contributed by atoms with Crippen molar-refractivity contribution in [3.63, 3.8) is 0 Å². The van der Waals surface area contributed by atoms with Crippen LogP contribution in [0, 0.1) is 5.92 Å². The third-order valence-electron chi connectivity index (χ3n) is 3.93. The second-order valence-electron chi connectivity index (χ2n) is 5.53. The quantitative estimate of drug-likeness (QED) is 0.721. The summed E-state index contributed by atoms with van der Waals surface area (Å²) >= 11 is 0. The number of ether oxygens (including phenoxy) is 2. The maximum absolute atomic E-state index is 12.6. The molecule has 24 heavy (non-hydrogen) atoms. The number of esters is 2. The number of amides is 1. The van der Waals surface area contributed by atoms with Crippen LogP contribution in [0.3, 0.4) is 0 Å².